The normalized spacial score (nSPS) is 10.7. The lowest BCUT2D eigenvalue weighted by Gasteiger charge is -2.22. The molecule has 0 spiro atoms. The number of hydrogen-bond donors (Lipinski definition) is 1. The van der Waals surface area contributed by atoms with E-state index in [1.807, 2.05) is 0 Å². The van der Waals surface area contributed by atoms with E-state index in [2.05, 4.69) is 46.7 Å². The van der Waals surface area contributed by atoms with Crippen LogP contribution in [0.3, 0.4) is 0 Å². The highest BCUT2D eigenvalue weighted by atomic mass is 127. The minimum atomic E-state index is 0.0790. The molecule has 0 aliphatic carbocycles. The molecule has 0 rings (SSSR count). The van der Waals surface area contributed by atoms with Crippen molar-refractivity contribution < 1.29 is 4.79 Å². The van der Waals surface area contributed by atoms with Gasteiger partial charge >= 0.3 is 0 Å². The molecule has 11 heavy (non-hydrogen) atoms. The van der Waals surface area contributed by atoms with Crippen LogP contribution in [0.1, 0.15) is 13.8 Å². The molecule has 1 amide bonds. The third-order valence-electron chi connectivity index (χ3n) is 1.51. The molecule has 0 atom stereocenters. The van der Waals surface area contributed by atoms with Crippen LogP contribution in [0.4, 0.5) is 0 Å². The molecule has 0 aliphatic rings. The molecule has 0 unspecified atom stereocenters. The van der Waals surface area contributed by atoms with E-state index in [0.29, 0.717) is 12.6 Å². The van der Waals surface area contributed by atoms with Crippen molar-refractivity contribution in [2.24, 2.45) is 0 Å². The van der Waals surface area contributed by atoms with Crippen LogP contribution in [0.25, 0.3) is 0 Å². The van der Waals surface area contributed by atoms with Crippen molar-refractivity contribution >= 4 is 28.5 Å². The van der Waals surface area contributed by atoms with Gasteiger partial charge in [0.1, 0.15) is 0 Å². The predicted molar refractivity (Wildman–Crippen MR) is 54.8 cm³/mol. The summed E-state index contributed by atoms with van der Waals surface area (Å²) in [7, 11) is 1.66. The molecular formula is C7H15IN2O. The first-order valence-corrected chi connectivity index (χ1v) is 5.15. The van der Waals surface area contributed by atoms with E-state index >= 15 is 0 Å². The molecule has 0 radical (unpaired) electrons. The van der Waals surface area contributed by atoms with E-state index in [1.165, 1.54) is 0 Å². The Balaban J connectivity index is 3.78. The van der Waals surface area contributed by atoms with Crippen LogP contribution in [0.2, 0.25) is 0 Å². The van der Waals surface area contributed by atoms with Crippen LogP contribution in [-0.4, -0.2) is 35.0 Å². The summed E-state index contributed by atoms with van der Waals surface area (Å²) in [6.45, 7) is 4.67. The van der Waals surface area contributed by atoms with Crippen molar-refractivity contribution in [1.82, 2.24) is 10.2 Å². The van der Waals surface area contributed by atoms with Gasteiger partial charge < -0.3 is 5.32 Å². The number of nitrogens with zero attached hydrogens (tertiary/aromatic N) is 1. The van der Waals surface area contributed by atoms with E-state index in [9.17, 15) is 4.79 Å². The number of likely N-dealkylation sites (N-methyl/N-ethyl adjacent to an activating group) is 1. The molecule has 0 aromatic heterocycles. The van der Waals surface area contributed by atoms with Crippen molar-refractivity contribution in [3.63, 3.8) is 0 Å². The molecule has 0 aliphatic heterocycles. The maximum atomic E-state index is 10.9. The zero-order valence-corrected chi connectivity index (χ0v) is 9.38. The zero-order chi connectivity index (χ0) is 8.85. The van der Waals surface area contributed by atoms with Crippen molar-refractivity contribution in [3.8, 4) is 0 Å². The van der Waals surface area contributed by atoms with Crippen molar-refractivity contribution in [2.75, 3.05) is 18.1 Å². The third kappa shape index (κ3) is 4.58. The number of nitrogens with one attached hydrogen (secondary N) is 1. The number of alkyl halides is 1. The first kappa shape index (κ1) is 11.2. The quantitative estimate of drug-likeness (QED) is 0.466. The average Bonchev–Trinajstić information content (AvgIpc) is 1.99. The number of hydrogen-bond acceptors (Lipinski definition) is 2. The Bertz CT molecular complexity index is 128. The summed E-state index contributed by atoms with van der Waals surface area (Å²) in [5.74, 6) is 0.0790. The molecule has 0 saturated carbocycles. The van der Waals surface area contributed by atoms with Gasteiger partial charge in [-0.1, -0.05) is 22.6 Å². The maximum absolute atomic E-state index is 10.9. The third-order valence-corrected chi connectivity index (χ3v) is 2.39. The molecule has 0 fully saturated rings. The second-order valence-electron chi connectivity index (χ2n) is 2.63. The molecule has 66 valence electrons. The maximum Gasteiger partial charge on any atom is 0.233 e. The molecule has 0 aromatic rings. The highest BCUT2D eigenvalue weighted by molar-refractivity contribution is 14.1. The summed E-state index contributed by atoms with van der Waals surface area (Å²) in [4.78, 5) is 13.0. The summed E-state index contributed by atoms with van der Waals surface area (Å²) in [5, 5.41) is 2.60. The molecule has 4 heteroatoms. The fourth-order valence-electron chi connectivity index (χ4n) is 0.626. The number of amides is 1. The number of halogens is 1. The van der Waals surface area contributed by atoms with Crippen LogP contribution in [0.5, 0.6) is 0 Å². The summed E-state index contributed by atoms with van der Waals surface area (Å²) >= 11 is 2.26. The summed E-state index contributed by atoms with van der Waals surface area (Å²) in [6.07, 6.45) is 0. The Hall–Kier alpha value is 0.160. The Morgan fingerprint density at radius 1 is 1.64 bits per heavy atom. The SMILES string of the molecule is CNC(=O)CN(CI)C(C)C. The molecule has 0 aromatic carbocycles. The van der Waals surface area contributed by atoms with Gasteiger partial charge in [-0.15, -0.1) is 0 Å². The number of carbonyl (C=O) groups excluding carboxylic acids is 1. The molecular weight excluding hydrogens is 255 g/mol. The molecule has 0 heterocycles. The zero-order valence-electron chi connectivity index (χ0n) is 7.22. The molecule has 3 nitrogen and oxygen atoms in total. The largest absolute Gasteiger partial charge is 0.358 e. The van der Waals surface area contributed by atoms with Gasteiger partial charge in [0, 0.05) is 13.1 Å². The molecule has 0 bridgehead atoms. The van der Waals surface area contributed by atoms with Crippen LogP contribution in [0.15, 0.2) is 0 Å². The summed E-state index contributed by atoms with van der Waals surface area (Å²) < 4.78 is 0.892. The van der Waals surface area contributed by atoms with Gasteiger partial charge in [-0.05, 0) is 13.8 Å². The van der Waals surface area contributed by atoms with Crippen molar-refractivity contribution in [2.45, 2.75) is 19.9 Å². The lowest BCUT2D eigenvalue weighted by molar-refractivity contribution is -0.121. The second-order valence-corrected chi connectivity index (χ2v) is 3.32. The van der Waals surface area contributed by atoms with E-state index in [0.717, 1.165) is 4.55 Å². The number of rotatable bonds is 4. The minimum absolute atomic E-state index is 0.0790. The van der Waals surface area contributed by atoms with E-state index in [4.69, 9.17) is 0 Å². The Morgan fingerprint density at radius 2 is 2.18 bits per heavy atom. The highest BCUT2D eigenvalue weighted by Gasteiger charge is 2.10. The fourth-order valence-corrected chi connectivity index (χ4v) is 1.66. The Labute approximate surface area is 81.7 Å². The summed E-state index contributed by atoms with van der Waals surface area (Å²) in [6, 6.07) is 0.434. The van der Waals surface area contributed by atoms with Crippen LogP contribution in [-0.2, 0) is 4.79 Å². The first-order chi connectivity index (χ1) is 5.11. The second kappa shape index (κ2) is 5.77. The lowest BCUT2D eigenvalue weighted by atomic mass is 10.3. The van der Waals surface area contributed by atoms with Crippen LogP contribution >= 0.6 is 22.6 Å². The van der Waals surface area contributed by atoms with E-state index < -0.39 is 0 Å². The van der Waals surface area contributed by atoms with E-state index in [-0.39, 0.29) is 5.91 Å². The highest BCUT2D eigenvalue weighted by Crippen LogP contribution is 2.00. The van der Waals surface area contributed by atoms with Gasteiger partial charge in [0.05, 0.1) is 11.1 Å². The van der Waals surface area contributed by atoms with E-state index in [1.54, 1.807) is 7.05 Å². The monoisotopic (exact) mass is 270 g/mol. The number of carbonyl (C=O) groups is 1. The van der Waals surface area contributed by atoms with Gasteiger partial charge in [0.25, 0.3) is 0 Å². The van der Waals surface area contributed by atoms with Gasteiger partial charge in [-0.2, -0.15) is 0 Å². The standard InChI is InChI=1S/C7H15IN2O/c1-6(2)10(5-8)4-7(11)9-3/h6H,4-5H2,1-3H3,(H,9,11). The Morgan fingerprint density at radius 3 is 2.45 bits per heavy atom. The summed E-state index contributed by atoms with van der Waals surface area (Å²) in [5.41, 5.74) is 0. The van der Waals surface area contributed by atoms with Gasteiger partial charge in [-0.3, -0.25) is 9.69 Å². The average molecular weight is 270 g/mol. The lowest BCUT2D eigenvalue weighted by Crippen LogP contribution is -2.38. The smallest absolute Gasteiger partial charge is 0.233 e. The molecule has 1 N–H and O–H groups in total. The van der Waals surface area contributed by atoms with Crippen LogP contribution in [0, 0.1) is 0 Å². The topological polar surface area (TPSA) is 32.3 Å². The predicted octanol–water partition coefficient (Wildman–Crippen LogP) is 0.835. The van der Waals surface area contributed by atoms with Gasteiger partial charge in [0.2, 0.25) is 5.91 Å². The first-order valence-electron chi connectivity index (χ1n) is 3.62. The molecule has 0 saturated heterocycles. The van der Waals surface area contributed by atoms with Gasteiger partial charge in [-0.25, -0.2) is 0 Å². The van der Waals surface area contributed by atoms with Crippen LogP contribution < -0.4 is 5.32 Å². The van der Waals surface area contributed by atoms with Gasteiger partial charge in [0.15, 0.2) is 0 Å². The fraction of sp³-hybridized carbons (Fsp3) is 0.857. The van der Waals surface area contributed by atoms with Crippen molar-refractivity contribution in [1.29, 1.82) is 0 Å². The Kier molecular flexibility index (Phi) is 5.85. The minimum Gasteiger partial charge on any atom is -0.358 e. The van der Waals surface area contributed by atoms with Crippen molar-refractivity contribution in [3.05, 3.63) is 0 Å².